The number of nitrogens with one attached hydrogen (secondary N) is 1. The van der Waals surface area contributed by atoms with Crippen LogP contribution in [0.5, 0.6) is 0 Å². The van der Waals surface area contributed by atoms with Crippen LogP contribution in [0.1, 0.15) is 57.1 Å². The third-order valence-corrected chi connectivity index (χ3v) is 7.06. The van der Waals surface area contributed by atoms with Gasteiger partial charge in [-0.1, -0.05) is 37.5 Å². The van der Waals surface area contributed by atoms with Crippen molar-refractivity contribution in [3.05, 3.63) is 29.3 Å². The second-order valence-electron chi connectivity index (χ2n) is 9.22. The summed E-state index contributed by atoms with van der Waals surface area (Å²) in [5, 5.41) is 3.08. The highest BCUT2D eigenvalue weighted by Crippen LogP contribution is 2.24. The van der Waals surface area contributed by atoms with Crippen molar-refractivity contribution >= 4 is 17.5 Å². The van der Waals surface area contributed by atoms with Crippen LogP contribution in [0.4, 0.5) is 5.69 Å². The molecule has 1 aliphatic heterocycles. The highest BCUT2D eigenvalue weighted by atomic mass is 16.2. The topological polar surface area (TPSA) is 55.9 Å². The van der Waals surface area contributed by atoms with Gasteiger partial charge in [-0.2, -0.15) is 0 Å². The molecule has 6 nitrogen and oxygen atoms in total. The van der Waals surface area contributed by atoms with E-state index in [4.69, 9.17) is 0 Å². The molecule has 1 aromatic rings. The number of para-hydroxylation sites is 1. The first-order valence-electron chi connectivity index (χ1n) is 12.0. The van der Waals surface area contributed by atoms with Gasteiger partial charge < -0.3 is 10.2 Å². The van der Waals surface area contributed by atoms with Gasteiger partial charge in [-0.3, -0.25) is 19.4 Å². The summed E-state index contributed by atoms with van der Waals surface area (Å²) in [7, 11) is 0. The molecule has 6 heteroatoms. The first-order valence-corrected chi connectivity index (χ1v) is 12.0. The number of hydrogen-bond acceptors (Lipinski definition) is 4. The second kappa shape index (κ2) is 11.1. The van der Waals surface area contributed by atoms with E-state index < -0.39 is 0 Å². The molecule has 0 unspecified atom stereocenters. The number of carbonyl (C=O) groups is 2. The normalized spacial score (nSPS) is 19.7. The lowest BCUT2D eigenvalue weighted by Gasteiger charge is -2.41. The maximum atomic E-state index is 13.2. The third-order valence-electron chi connectivity index (χ3n) is 7.06. The summed E-state index contributed by atoms with van der Waals surface area (Å²) in [4.78, 5) is 32.4. The van der Waals surface area contributed by atoms with Gasteiger partial charge in [0.25, 0.3) is 0 Å². The van der Waals surface area contributed by atoms with Crippen molar-refractivity contribution in [2.24, 2.45) is 0 Å². The first kappa shape index (κ1) is 23.7. The molecular weight excluding hydrogens is 388 g/mol. The Balaban J connectivity index is 1.48. The minimum absolute atomic E-state index is 0.0319. The summed E-state index contributed by atoms with van der Waals surface area (Å²) in [5.41, 5.74) is 3.10. The molecular formula is C25H40N4O2. The molecule has 1 saturated heterocycles. The van der Waals surface area contributed by atoms with Gasteiger partial charge in [0.05, 0.1) is 12.6 Å². The smallest absolute Gasteiger partial charge is 0.239 e. The lowest BCUT2D eigenvalue weighted by Crippen LogP contribution is -2.56. The number of aryl methyl sites for hydroxylation is 2. The molecule has 1 heterocycles. The lowest BCUT2D eigenvalue weighted by molar-refractivity contribution is -0.140. The lowest BCUT2D eigenvalue weighted by atomic mass is 9.93. The molecule has 2 aliphatic rings. The molecule has 2 fully saturated rings. The maximum absolute atomic E-state index is 13.2. The number of piperazine rings is 1. The average molecular weight is 429 g/mol. The van der Waals surface area contributed by atoms with E-state index in [1.165, 1.54) is 19.3 Å². The van der Waals surface area contributed by atoms with Crippen LogP contribution in [-0.4, -0.2) is 77.9 Å². The van der Waals surface area contributed by atoms with Crippen molar-refractivity contribution in [2.75, 3.05) is 44.6 Å². The fraction of sp³-hybridized carbons (Fsp3) is 0.680. The molecule has 0 aromatic heterocycles. The Morgan fingerprint density at radius 2 is 1.68 bits per heavy atom. The summed E-state index contributed by atoms with van der Waals surface area (Å²) in [6.45, 7) is 12.7. The van der Waals surface area contributed by atoms with Crippen LogP contribution in [0.2, 0.25) is 0 Å². The van der Waals surface area contributed by atoms with Crippen molar-refractivity contribution in [3.8, 4) is 0 Å². The SMILES string of the molecule is CCN(C(=O)[C@@H](C)N1CCN(CC(=O)Nc2c(C)cccc2C)CC1)C1CCCCC1. The van der Waals surface area contributed by atoms with Crippen LogP contribution in [0.3, 0.4) is 0 Å². The zero-order valence-electron chi connectivity index (χ0n) is 19.8. The van der Waals surface area contributed by atoms with Crippen LogP contribution in [0.15, 0.2) is 18.2 Å². The van der Waals surface area contributed by atoms with Crippen molar-refractivity contribution in [1.82, 2.24) is 14.7 Å². The number of carbonyl (C=O) groups excluding carboxylic acids is 2. The predicted molar refractivity (Wildman–Crippen MR) is 126 cm³/mol. The summed E-state index contributed by atoms with van der Waals surface area (Å²) in [5.74, 6) is 0.306. The molecule has 1 aliphatic carbocycles. The Hall–Kier alpha value is -1.92. The van der Waals surface area contributed by atoms with E-state index in [1.807, 2.05) is 32.0 Å². The van der Waals surface area contributed by atoms with E-state index in [0.29, 0.717) is 12.6 Å². The van der Waals surface area contributed by atoms with Crippen molar-refractivity contribution in [1.29, 1.82) is 0 Å². The molecule has 1 N–H and O–H groups in total. The van der Waals surface area contributed by atoms with Crippen LogP contribution < -0.4 is 5.32 Å². The van der Waals surface area contributed by atoms with Gasteiger partial charge in [0, 0.05) is 44.5 Å². The molecule has 3 rings (SSSR count). The van der Waals surface area contributed by atoms with Crippen LogP contribution >= 0.6 is 0 Å². The third kappa shape index (κ3) is 6.07. The molecule has 0 radical (unpaired) electrons. The van der Waals surface area contributed by atoms with E-state index in [-0.39, 0.29) is 17.9 Å². The average Bonchev–Trinajstić information content (AvgIpc) is 2.77. The number of benzene rings is 1. The van der Waals surface area contributed by atoms with Gasteiger partial charge >= 0.3 is 0 Å². The number of rotatable bonds is 7. The molecule has 2 amide bonds. The quantitative estimate of drug-likeness (QED) is 0.723. The van der Waals surface area contributed by atoms with E-state index in [2.05, 4.69) is 33.9 Å². The Morgan fingerprint density at radius 3 is 2.26 bits per heavy atom. The standard InChI is InChI=1S/C25H40N4O2/c1-5-29(22-12-7-6-8-13-22)25(31)21(4)28-16-14-27(15-17-28)18-23(30)26-24-19(2)10-9-11-20(24)3/h9-11,21-22H,5-8,12-18H2,1-4H3,(H,26,30)/t21-/m1/s1. The van der Waals surface area contributed by atoms with Crippen LogP contribution in [0, 0.1) is 13.8 Å². The fourth-order valence-corrected chi connectivity index (χ4v) is 5.09. The minimum Gasteiger partial charge on any atom is -0.339 e. The Bertz CT molecular complexity index is 732. The van der Waals surface area contributed by atoms with Gasteiger partial charge in [0.2, 0.25) is 11.8 Å². The number of amides is 2. The van der Waals surface area contributed by atoms with Crippen molar-refractivity contribution < 1.29 is 9.59 Å². The molecule has 0 bridgehead atoms. The molecule has 1 aromatic carbocycles. The Morgan fingerprint density at radius 1 is 1.06 bits per heavy atom. The van der Waals surface area contributed by atoms with E-state index in [1.54, 1.807) is 0 Å². The van der Waals surface area contributed by atoms with Crippen LogP contribution in [-0.2, 0) is 9.59 Å². The Kier molecular flexibility index (Phi) is 8.50. The van der Waals surface area contributed by atoms with Gasteiger partial charge in [0.1, 0.15) is 0 Å². The number of likely N-dealkylation sites (N-methyl/N-ethyl adjacent to an activating group) is 1. The molecule has 31 heavy (non-hydrogen) atoms. The highest BCUT2D eigenvalue weighted by molar-refractivity contribution is 5.93. The monoisotopic (exact) mass is 428 g/mol. The fourth-order valence-electron chi connectivity index (χ4n) is 5.09. The summed E-state index contributed by atoms with van der Waals surface area (Å²) < 4.78 is 0. The Labute approximate surface area is 188 Å². The number of hydrogen-bond donors (Lipinski definition) is 1. The molecule has 1 saturated carbocycles. The minimum atomic E-state index is -0.0903. The molecule has 172 valence electrons. The second-order valence-corrected chi connectivity index (χ2v) is 9.22. The molecule has 0 spiro atoms. The maximum Gasteiger partial charge on any atom is 0.239 e. The number of anilines is 1. The molecule has 1 atom stereocenters. The van der Waals surface area contributed by atoms with Crippen LogP contribution in [0.25, 0.3) is 0 Å². The summed E-state index contributed by atoms with van der Waals surface area (Å²) >= 11 is 0. The zero-order chi connectivity index (χ0) is 22.4. The summed E-state index contributed by atoms with van der Waals surface area (Å²) in [6, 6.07) is 6.38. The zero-order valence-corrected chi connectivity index (χ0v) is 19.8. The first-order chi connectivity index (χ1) is 14.9. The van der Waals surface area contributed by atoms with E-state index in [0.717, 1.165) is 62.4 Å². The van der Waals surface area contributed by atoms with Gasteiger partial charge in [0.15, 0.2) is 0 Å². The summed E-state index contributed by atoms with van der Waals surface area (Å²) in [6.07, 6.45) is 6.08. The number of nitrogens with zero attached hydrogens (tertiary/aromatic N) is 3. The van der Waals surface area contributed by atoms with Gasteiger partial charge in [-0.25, -0.2) is 0 Å². The largest absolute Gasteiger partial charge is 0.339 e. The van der Waals surface area contributed by atoms with Gasteiger partial charge in [-0.05, 0) is 51.7 Å². The highest BCUT2D eigenvalue weighted by Gasteiger charge is 2.32. The van der Waals surface area contributed by atoms with Crippen molar-refractivity contribution in [2.45, 2.75) is 71.9 Å². The van der Waals surface area contributed by atoms with E-state index in [9.17, 15) is 9.59 Å². The van der Waals surface area contributed by atoms with Gasteiger partial charge in [-0.15, -0.1) is 0 Å². The van der Waals surface area contributed by atoms with E-state index >= 15 is 0 Å². The predicted octanol–water partition coefficient (Wildman–Crippen LogP) is 3.43. The van der Waals surface area contributed by atoms with Crippen molar-refractivity contribution in [3.63, 3.8) is 0 Å².